The van der Waals surface area contributed by atoms with Crippen LogP contribution in [0.15, 0.2) is 89.8 Å². The Hall–Kier alpha value is -3.08. The number of sulfonamides is 1. The molecule has 10 heteroatoms. The molecule has 4 rings (SSSR count). The highest BCUT2D eigenvalue weighted by molar-refractivity contribution is 7.89. The fourth-order valence-electron chi connectivity index (χ4n) is 5.45. The second-order valence-electron chi connectivity index (χ2n) is 10.5. The van der Waals surface area contributed by atoms with Crippen LogP contribution < -0.4 is 16.4 Å². The Morgan fingerprint density at radius 1 is 1.12 bits per heavy atom. The van der Waals surface area contributed by atoms with Crippen LogP contribution in [0.5, 0.6) is 0 Å². The van der Waals surface area contributed by atoms with Gasteiger partial charge in [-0.2, -0.15) is 4.31 Å². The summed E-state index contributed by atoms with van der Waals surface area (Å²) in [6, 6.07) is 18.2. The maximum Gasteiger partial charge on any atom is 0.243 e. The van der Waals surface area contributed by atoms with Crippen LogP contribution >= 0.6 is 11.6 Å². The Kier molecular flexibility index (Phi) is 9.99. The second kappa shape index (κ2) is 13.3. The highest BCUT2D eigenvalue weighted by Gasteiger charge is 2.38. The largest absolute Gasteiger partial charge is 0.324 e. The highest BCUT2D eigenvalue weighted by atomic mass is 35.5. The molecule has 3 aromatic carbocycles. The predicted octanol–water partition coefficient (Wildman–Crippen LogP) is 5.09. The van der Waals surface area contributed by atoms with E-state index in [0.717, 1.165) is 5.56 Å². The third-order valence-corrected chi connectivity index (χ3v) is 9.79. The molecule has 7 nitrogen and oxygen atoms in total. The summed E-state index contributed by atoms with van der Waals surface area (Å²) in [7, 11) is -3.77. The van der Waals surface area contributed by atoms with E-state index >= 15 is 4.39 Å². The smallest absolute Gasteiger partial charge is 0.243 e. The first kappa shape index (κ1) is 30.9. The van der Waals surface area contributed by atoms with Crippen LogP contribution in [0.4, 0.5) is 10.1 Å². The summed E-state index contributed by atoms with van der Waals surface area (Å²) in [5, 5.41) is 6.67. The van der Waals surface area contributed by atoms with Gasteiger partial charge in [0.05, 0.1) is 10.9 Å². The maximum atomic E-state index is 15.2. The van der Waals surface area contributed by atoms with E-state index in [4.69, 9.17) is 17.3 Å². The molecule has 0 saturated carbocycles. The number of rotatable bonds is 10. The fourth-order valence-corrected chi connectivity index (χ4v) is 7.44. The number of hydrogen-bond donors (Lipinski definition) is 3. The first-order chi connectivity index (χ1) is 19.5. The molecule has 0 bridgehead atoms. The summed E-state index contributed by atoms with van der Waals surface area (Å²) in [5.74, 6) is -1.45. The first-order valence-electron chi connectivity index (χ1n) is 13.5. The molecule has 0 spiro atoms. The number of benzene rings is 3. The number of nitrogens with two attached hydrogens (primary N) is 1. The fraction of sp³-hybridized carbons (Fsp3) is 0.323. The van der Waals surface area contributed by atoms with Gasteiger partial charge in [0.25, 0.3) is 0 Å². The van der Waals surface area contributed by atoms with Crippen molar-refractivity contribution in [3.8, 4) is 0 Å². The molecule has 3 aromatic rings. The lowest BCUT2D eigenvalue weighted by Gasteiger charge is -2.40. The van der Waals surface area contributed by atoms with Gasteiger partial charge in [-0.15, -0.1) is 0 Å². The van der Waals surface area contributed by atoms with Crippen LogP contribution in [-0.4, -0.2) is 49.8 Å². The van der Waals surface area contributed by atoms with Crippen LogP contribution in [0.1, 0.15) is 37.3 Å². The molecule has 4 N–H and O–H groups in total. The number of carbonyl (C=O) groups is 1. The van der Waals surface area contributed by atoms with Crippen molar-refractivity contribution >= 4 is 33.2 Å². The average molecular weight is 599 g/mol. The number of nitrogens with one attached hydrogen (secondary N) is 2. The quantitative estimate of drug-likeness (QED) is 0.282. The van der Waals surface area contributed by atoms with E-state index in [2.05, 4.69) is 17.2 Å². The van der Waals surface area contributed by atoms with E-state index in [0.29, 0.717) is 41.4 Å². The first-order valence-corrected chi connectivity index (χ1v) is 15.4. The molecular formula is C31H36ClFN4O3S. The zero-order valence-electron chi connectivity index (χ0n) is 23.2. The minimum atomic E-state index is -3.77. The van der Waals surface area contributed by atoms with Gasteiger partial charge in [0.1, 0.15) is 5.82 Å². The van der Waals surface area contributed by atoms with E-state index < -0.39 is 39.7 Å². The average Bonchev–Trinajstić information content (AvgIpc) is 2.94. The summed E-state index contributed by atoms with van der Waals surface area (Å²) in [6.45, 7) is 8.62. The number of nitrogens with zero attached hydrogens (tertiary/aromatic N) is 1. The lowest BCUT2D eigenvalue weighted by atomic mass is 9.86. The van der Waals surface area contributed by atoms with E-state index in [1.807, 2.05) is 6.92 Å². The number of anilines is 1. The van der Waals surface area contributed by atoms with E-state index in [9.17, 15) is 13.2 Å². The van der Waals surface area contributed by atoms with Gasteiger partial charge in [-0.25, -0.2) is 12.8 Å². The molecule has 218 valence electrons. The van der Waals surface area contributed by atoms with Crippen molar-refractivity contribution in [3.05, 3.63) is 107 Å². The molecule has 0 radical (unpaired) electrons. The molecule has 0 aliphatic carbocycles. The molecule has 1 fully saturated rings. The topological polar surface area (TPSA) is 105 Å². The van der Waals surface area contributed by atoms with Crippen LogP contribution in [0, 0.1) is 5.82 Å². The molecule has 0 aromatic heterocycles. The van der Waals surface area contributed by atoms with Gasteiger partial charge in [-0.05, 0) is 68.7 Å². The summed E-state index contributed by atoms with van der Waals surface area (Å²) < 4.78 is 43.8. The monoisotopic (exact) mass is 598 g/mol. The second-order valence-corrected chi connectivity index (χ2v) is 12.8. The molecular weight excluding hydrogens is 563 g/mol. The van der Waals surface area contributed by atoms with Crippen molar-refractivity contribution in [1.29, 1.82) is 0 Å². The number of hydrogen-bond acceptors (Lipinski definition) is 5. The van der Waals surface area contributed by atoms with Crippen molar-refractivity contribution in [3.63, 3.8) is 0 Å². The molecule has 1 amide bonds. The van der Waals surface area contributed by atoms with Crippen molar-refractivity contribution < 1.29 is 17.6 Å². The summed E-state index contributed by atoms with van der Waals surface area (Å²) >= 11 is 6.03. The summed E-state index contributed by atoms with van der Waals surface area (Å²) in [5.41, 5.74) is 8.51. The third-order valence-electron chi connectivity index (χ3n) is 7.46. The zero-order valence-corrected chi connectivity index (χ0v) is 24.8. The van der Waals surface area contributed by atoms with E-state index in [-0.39, 0.29) is 17.4 Å². The Morgan fingerprint density at radius 3 is 2.46 bits per heavy atom. The standard InChI is InChI=1S/C31H36ClFN4O3S/c1-20(2)29(22-12-14-23(32)15-13-22)30(34)31(38)36-28-11-7-10-27(33)26(28)17-16-24-19-35-18-21(3)37(24)41(39,40)25-8-5-4-6-9-25/h4-15,21,24,29-30,35H,1,16-19,34H2,2-3H3,(H,36,38)/t21-,24-,29+,30-/m0/s1. The Balaban J connectivity index is 1.54. The van der Waals surface area contributed by atoms with Gasteiger partial charge in [0.15, 0.2) is 0 Å². The van der Waals surface area contributed by atoms with Crippen LogP contribution in [0.3, 0.4) is 0 Å². The van der Waals surface area contributed by atoms with Gasteiger partial charge in [0, 0.05) is 47.4 Å². The lowest BCUT2D eigenvalue weighted by Crippen LogP contribution is -2.58. The van der Waals surface area contributed by atoms with Crippen LogP contribution in [-0.2, 0) is 21.2 Å². The van der Waals surface area contributed by atoms with Crippen molar-refractivity contribution in [2.75, 3.05) is 18.4 Å². The number of amides is 1. The zero-order chi connectivity index (χ0) is 29.7. The van der Waals surface area contributed by atoms with Crippen LogP contribution in [0.25, 0.3) is 0 Å². The normalized spacial score (nSPS) is 19.3. The Bertz CT molecular complexity index is 1480. The number of carbonyl (C=O) groups excluding carboxylic acids is 1. The molecule has 1 aliphatic rings. The highest BCUT2D eigenvalue weighted by Crippen LogP contribution is 2.30. The third kappa shape index (κ3) is 7.05. The van der Waals surface area contributed by atoms with Crippen molar-refractivity contribution in [1.82, 2.24) is 9.62 Å². The Morgan fingerprint density at radius 2 is 1.80 bits per heavy atom. The van der Waals surface area contributed by atoms with Crippen LogP contribution in [0.2, 0.25) is 5.02 Å². The van der Waals surface area contributed by atoms with Gasteiger partial charge >= 0.3 is 0 Å². The number of halogens is 2. The molecule has 0 unspecified atom stereocenters. The molecule has 4 atom stereocenters. The van der Waals surface area contributed by atoms with E-state index in [1.54, 1.807) is 67.6 Å². The minimum absolute atomic E-state index is 0.207. The predicted molar refractivity (Wildman–Crippen MR) is 162 cm³/mol. The lowest BCUT2D eigenvalue weighted by molar-refractivity contribution is -0.117. The summed E-state index contributed by atoms with van der Waals surface area (Å²) in [4.78, 5) is 13.5. The number of piperazine rings is 1. The van der Waals surface area contributed by atoms with Gasteiger partial charge in [-0.1, -0.05) is 60.2 Å². The maximum absolute atomic E-state index is 15.2. The van der Waals surface area contributed by atoms with Gasteiger partial charge < -0.3 is 16.4 Å². The van der Waals surface area contributed by atoms with Gasteiger partial charge in [0.2, 0.25) is 15.9 Å². The molecule has 1 saturated heterocycles. The molecule has 41 heavy (non-hydrogen) atoms. The van der Waals surface area contributed by atoms with E-state index in [1.165, 1.54) is 16.4 Å². The molecule has 1 aliphatic heterocycles. The SMILES string of the molecule is C=C(C)[C@H](c1ccc(Cl)cc1)[C@H](N)C(=O)Nc1cccc(F)c1CC[C@H]1CNC[C@H](C)N1S(=O)(=O)c1ccccc1. The van der Waals surface area contributed by atoms with Crippen molar-refractivity contribution in [2.45, 2.75) is 55.6 Å². The minimum Gasteiger partial charge on any atom is -0.324 e. The summed E-state index contributed by atoms with van der Waals surface area (Å²) in [6.07, 6.45) is 0.553. The van der Waals surface area contributed by atoms with Crippen molar-refractivity contribution in [2.24, 2.45) is 5.73 Å². The molecule has 1 heterocycles. The Labute approximate surface area is 246 Å². The van der Waals surface area contributed by atoms with Gasteiger partial charge in [-0.3, -0.25) is 4.79 Å².